The summed E-state index contributed by atoms with van der Waals surface area (Å²) in [6, 6.07) is 11.8. The summed E-state index contributed by atoms with van der Waals surface area (Å²) in [5, 5.41) is 0. The molecule has 0 radical (unpaired) electrons. The van der Waals surface area contributed by atoms with Crippen LogP contribution in [0.2, 0.25) is 0 Å². The molecule has 5 heterocycles. The van der Waals surface area contributed by atoms with Gasteiger partial charge in [-0.2, -0.15) is 0 Å². The van der Waals surface area contributed by atoms with Crippen LogP contribution >= 0.6 is 0 Å². The topological polar surface area (TPSA) is 64.1 Å². The molecule has 1 fully saturated rings. The van der Waals surface area contributed by atoms with Crippen molar-refractivity contribution < 1.29 is 9.53 Å². The van der Waals surface area contributed by atoms with Crippen molar-refractivity contribution in [2.45, 2.75) is 32.0 Å². The van der Waals surface area contributed by atoms with Gasteiger partial charge in [0.2, 0.25) is 0 Å². The first-order valence-electron chi connectivity index (χ1n) is 9.52. The van der Waals surface area contributed by atoms with Crippen LogP contribution in [-0.4, -0.2) is 42.3 Å². The summed E-state index contributed by atoms with van der Waals surface area (Å²) in [5.41, 5.74) is 3.68. The van der Waals surface area contributed by atoms with E-state index >= 15 is 0 Å². The van der Waals surface area contributed by atoms with Crippen molar-refractivity contribution in [3.05, 3.63) is 72.6 Å². The van der Waals surface area contributed by atoms with Crippen LogP contribution in [0, 0.1) is 0 Å². The number of carbonyl (C=O) groups excluding carboxylic acids is 1. The molecule has 0 bridgehead atoms. The Bertz CT molecular complexity index is 1050. The Morgan fingerprint density at radius 2 is 1.61 bits per heavy atom. The largest absolute Gasteiger partial charge is 0.368 e. The number of hydrogen-bond acceptors (Lipinski definition) is 4. The Balaban J connectivity index is 1.48. The van der Waals surface area contributed by atoms with Gasteiger partial charge in [-0.1, -0.05) is 12.1 Å². The molecule has 1 atom stereocenters. The van der Waals surface area contributed by atoms with Crippen LogP contribution in [0.1, 0.15) is 24.2 Å². The minimum absolute atomic E-state index is 0.0225. The summed E-state index contributed by atoms with van der Waals surface area (Å²) < 4.78 is 9.71. The maximum Gasteiger partial charge on any atom is 0.252 e. The van der Waals surface area contributed by atoms with E-state index in [1.807, 2.05) is 74.9 Å². The van der Waals surface area contributed by atoms with Crippen LogP contribution < -0.4 is 0 Å². The van der Waals surface area contributed by atoms with E-state index in [2.05, 4.69) is 9.97 Å². The third-order valence-electron chi connectivity index (χ3n) is 5.21. The monoisotopic (exact) mass is 375 g/mol. The molecular formula is C21H21N5O2. The van der Waals surface area contributed by atoms with Crippen molar-refractivity contribution >= 4 is 17.2 Å². The molecule has 142 valence electrons. The molecular weight excluding hydrogens is 354 g/mol. The van der Waals surface area contributed by atoms with Gasteiger partial charge in [0.25, 0.3) is 5.91 Å². The van der Waals surface area contributed by atoms with Gasteiger partial charge in [0, 0.05) is 19.0 Å². The maximum absolute atomic E-state index is 13.2. The number of fused-ring (bicyclic) bond motifs is 2. The Labute approximate surface area is 162 Å². The van der Waals surface area contributed by atoms with Gasteiger partial charge in [0.15, 0.2) is 0 Å². The highest BCUT2D eigenvalue weighted by Crippen LogP contribution is 2.20. The average molecular weight is 375 g/mol. The zero-order valence-electron chi connectivity index (χ0n) is 15.4. The molecule has 4 aromatic heterocycles. The molecule has 7 nitrogen and oxygen atoms in total. The first kappa shape index (κ1) is 16.9. The summed E-state index contributed by atoms with van der Waals surface area (Å²) in [6.45, 7) is 1.57. The highest BCUT2D eigenvalue weighted by molar-refractivity contribution is 5.81. The van der Waals surface area contributed by atoms with Gasteiger partial charge in [-0.3, -0.25) is 4.79 Å². The number of amides is 1. The maximum atomic E-state index is 13.2. The van der Waals surface area contributed by atoms with Gasteiger partial charge < -0.3 is 18.4 Å². The van der Waals surface area contributed by atoms with E-state index in [4.69, 9.17) is 4.74 Å². The third-order valence-corrected chi connectivity index (χ3v) is 5.21. The van der Waals surface area contributed by atoms with E-state index in [1.54, 1.807) is 0 Å². The Kier molecular flexibility index (Phi) is 4.29. The molecule has 1 saturated heterocycles. The fourth-order valence-electron chi connectivity index (χ4n) is 3.78. The summed E-state index contributed by atoms with van der Waals surface area (Å²) in [4.78, 5) is 24.0. The van der Waals surface area contributed by atoms with E-state index in [-0.39, 0.29) is 12.0 Å². The number of pyridine rings is 2. The average Bonchev–Trinajstić information content (AvgIpc) is 3.48. The fourth-order valence-corrected chi connectivity index (χ4v) is 3.78. The second-order valence-electron chi connectivity index (χ2n) is 7.05. The van der Waals surface area contributed by atoms with Gasteiger partial charge in [-0.25, -0.2) is 9.97 Å². The van der Waals surface area contributed by atoms with Crippen LogP contribution in [0.4, 0.5) is 0 Å². The molecule has 0 N–H and O–H groups in total. The van der Waals surface area contributed by atoms with Gasteiger partial charge in [0.1, 0.15) is 17.4 Å². The van der Waals surface area contributed by atoms with Crippen molar-refractivity contribution in [3.8, 4) is 0 Å². The zero-order valence-corrected chi connectivity index (χ0v) is 15.4. The van der Waals surface area contributed by atoms with E-state index in [0.717, 1.165) is 35.5 Å². The fraction of sp³-hybridized carbons (Fsp3) is 0.286. The van der Waals surface area contributed by atoms with Crippen molar-refractivity contribution in [2.75, 3.05) is 6.61 Å². The molecule has 0 aliphatic carbocycles. The number of hydrogen-bond donors (Lipinski definition) is 0. The lowest BCUT2D eigenvalue weighted by atomic mass is 10.2. The van der Waals surface area contributed by atoms with Gasteiger partial charge in [-0.05, 0) is 37.1 Å². The standard InChI is InChI=1S/C21H21N5O2/c27-21(18-6-5-11-28-18)24(14-16-12-22-19-7-1-3-9-25(16)19)15-17-13-23-20-8-2-4-10-26(17)20/h1-4,7-10,12-13,18H,5-6,11,14-15H2. The SMILES string of the molecule is O=C(C1CCCO1)N(Cc1cnc2ccccn12)Cc1cnc2ccccn12. The number of imidazole rings is 2. The van der Waals surface area contributed by atoms with E-state index in [1.165, 1.54) is 0 Å². The molecule has 28 heavy (non-hydrogen) atoms. The quantitative estimate of drug-likeness (QED) is 0.538. The molecule has 0 aromatic carbocycles. The lowest BCUT2D eigenvalue weighted by molar-refractivity contribution is -0.142. The van der Waals surface area contributed by atoms with Gasteiger partial charge >= 0.3 is 0 Å². The van der Waals surface area contributed by atoms with Crippen LogP contribution in [0.3, 0.4) is 0 Å². The molecule has 7 heteroatoms. The summed E-state index contributed by atoms with van der Waals surface area (Å²) in [5.74, 6) is 0.0225. The smallest absolute Gasteiger partial charge is 0.252 e. The first-order chi connectivity index (χ1) is 13.8. The highest BCUT2D eigenvalue weighted by Gasteiger charge is 2.29. The Hall–Kier alpha value is -3.19. The number of ether oxygens (including phenoxy) is 1. The van der Waals surface area contributed by atoms with Crippen molar-refractivity contribution in [3.63, 3.8) is 0 Å². The van der Waals surface area contributed by atoms with Crippen LogP contribution in [0.25, 0.3) is 11.3 Å². The summed E-state index contributed by atoms with van der Waals surface area (Å²) in [7, 11) is 0. The highest BCUT2D eigenvalue weighted by atomic mass is 16.5. The normalized spacial score (nSPS) is 16.8. The number of nitrogens with zero attached hydrogens (tertiary/aromatic N) is 5. The van der Waals surface area contributed by atoms with Gasteiger partial charge in [0.05, 0.1) is 36.9 Å². The molecule has 0 saturated carbocycles. The third kappa shape index (κ3) is 3.03. The molecule has 1 aliphatic rings. The summed E-state index contributed by atoms with van der Waals surface area (Å²) in [6.07, 6.45) is 8.95. The van der Waals surface area contributed by atoms with E-state index < -0.39 is 0 Å². The predicted octanol–water partition coefficient (Wildman–Crippen LogP) is 2.69. The summed E-state index contributed by atoms with van der Waals surface area (Å²) >= 11 is 0. The molecule has 0 spiro atoms. The van der Waals surface area contributed by atoms with Crippen LogP contribution in [-0.2, 0) is 22.6 Å². The van der Waals surface area contributed by atoms with Crippen molar-refractivity contribution in [2.24, 2.45) is 0 Å². The molecule has 1 unspecified atom stereocenters. The Morgan fingerprint density at radius 1 is 1.00 bits per heavy atom. The lowest BCUT2D eigenvalue weighted by Gasteiger charge is -2.25. The van der Waals surface area contributed by atoms with Crippen LogP contribution in [0.15, 0.2) is 61.2 Å². The lowest BCUT2D eigenvalue weighted by Crippen LogP contribution is -2.38. The number of carbonyl (C=O) groups is 1. The number of aromatic nitrogens is 4. The second-order valence-corrected chi connectivity index (χ2v) is 7.05. The Morgan fingerprint density at radius 3 is 2.14 bits per heavy atom. The predicted molar refractivity (Wildman–Crippen MR) is 104 cm³/mol. The second kappa shape index (κ2) is 7.09. The van der Waals surface area contributed by atoms with E-state index in [0.29, 0.717) is 19.7 Å². The first-order valence-corrected chi connectivity index (χ1v) is 9.52. The van der Waals surface area contributed by atoms with Crippen molar-refractivity contribution in [1.82, 2.24) is 23.7 Å². The minimum Gasteiger partial charge on any atom is -0.368 e. The van der Waals surface area contributed by atoms with Crippen molar-refractivity contribution in [1.29, 1.82) is 0 Å². The molecule has 5 rings (SSSR count). The molecule has 4 aromatic rings. The van der Waals surface area contributed by atoms with E-state index in [9.17, 15) is 4.79 Å². The van der Waals surface area contributed by atoms with Crippen LogP contribution in [0.5, 0.6) is 0 Å². The molecule has 1 aliphatic heterocycles. The number of rotatable bonds is 5. The zero-order chi connectivity index (χ0) is 18.9. The molecule has 1 amide bonds. The minimum atomic E-state index is -0.363. The van der Waals surface area contributed by atoms with Gasteiger partial charge in [-0.15, -0.1) is 0 Å².